The quantitative estimate of drug-likeness (QED) is 0.265. The normalized spacial score (nSPS) is 12.3. The van der Waals surface area contributed by atoms with Crippen molar-refractivity contribution in [1.82, 2.24) is 0 Å². The molecule has 0 bridgehead atoms. The van der Waals surface area contributed by atoms with E-state index in [0.29, 0.717) is 0 Å². The van der Waals surface area contributed by atoms with Crippen LogP contribution in [0, 0.1) is 0 Å². The molecule has 0 atom stereocenters. The number of aryl methyl sites for hydroxylation is 1. The predicted octanol–water partition coefficient (Wildman–Crippen LogP) is 7.40. The molecule has 148 valence electrons. The number of phenols is 2. The molecule has 27 heavy (non-hydrogen) atoms. The third-order valence-electron chi connectivity index (χ3n) is 4.27. The second-order valence-corrected chi connectivity index (χ2v) is 6.81. The van der Waals surface area contributed by atoms with E-state index in [9.17, 15) is 10.2 Å². The van der Waals surface area contributed by atoms with E-state index in [1.54, 1.807) is 12.1 Å². The van der Waals surface area contributed by atoms with Crippen LogP contribution in [0.15, 0.2) is 66.8 Å². The first-order valence-electron chi connectivity index (χ1n) is 10.3. The van der Waals surface area contributed by atoms with Gasteiger partial charge >= 0.3 is 0 Å². The summed E-state index contributed by atoms with van der Waals surface area (Å²) in [6.07, 6.45) is 28.8. The van der Waals surface area contributed by atoms with Crippen LogP contribution in [-0.2, 0) is 6.42 Å². The van der Waals surface area contributed by atoms with E-state index >= 15 is 0 Å². The highest BCUT2D eigenvalue weighted by atomic mass is 16.3. The number of hydrogen-bond donors (Lipinski definition) is 2. The fourth-order valence-electron chi connectivity index (χ4n) is 2.84. The third-order valence-corrected chi connectivity index (χ3v) is 4.27. The zero-order valence-electron chi connectivity index (χ0n) is 16.8. The predicted molar refractivity (Wildman–Crippen MR) is 117 cm³/mol. The first kappa shape index (κ1) is 22.8. The molecule has 1 aromatic carbocycles. The molecule has 0 amide bonds. The van der Waals surface area contributed by atoms with E-state index in [0.717, 1.165) is 50.5 Å². The third kappa shape index (κ3) is 13.6. The monoisotopic (exact) mass is 368 g/mol. The van der Waals surface area contributed by atoms with Crippen LogP contribution < -0.4 is 0 Å². The molecule has 0 aromatic heterocycles. The van der Waals surface area contributed by atoms with Gasteiger partial charge in [-0.3, -0.25) is 0 Å². The SMILES string of the molecule is CC/C=C\C/C=C\C/C=C\C/C=C\CCCCCCc1cc(O)cc(O)c1. The Morgan fingerprint density at radius 1 is 0.630 bits per heavy atom. The number of benzene rings is 1. The molecule has 0 heterocycles. The Bertz CT molecular complexity index is 588. The van der Waals surface area contributed by atoms with Crippen molar-refractivity contribution in [3.63, 3.8) is 0 Å². The van der Waals surface area contributed by atoms with E-state index in [1.165, 1.54) is 25.3 Å². The van der Waals surface area contributed by atoms with E-state index in [-0.39, 0.29) is 11.5 Å². The Labute approximate surface area is 165 Å². The number of rotatable bonds is 14. The first-order valence-corrected chi connectivity index (χ1v) is 10.3. The summed E-state index contributed by atoms with van der Waals surface area (Å²) < 4.78 is 0. The first-order chi connectivity index (χ1) is 13.2. The largest absolute Gasteiger partial charge is 0.508 e. The van der Waals surface area contributed by atoms with Gasteiger partial charge in [0.25, 0.3) is 0 Å². The van der Waals surface area contributed by atoms with Crippen LogP contribution in [0.25, 0.3) is 0 Å². The van der Waals surface area contributed by atoms with Crippen LogP contribution in [-0.4, -0.2) is 10.2 Å². The minimum Gasteiger partial charge on any atom is -0.508 e. The van der Waals surface area contributed by atoms with E-state index in [1.807, 2.05) is 0 Å². The molecule has 1 rings (SSSR count). The fraction of sp³-hybridized carbons (Fsp3) is 0.440. The molecule has 0 aliphatic heterocycles. The van der Waals surface area contributed by atoms with Crippen LogP contribution in [0.3, 0.4) is 0 Å². The van der Waals surface area contributed by atoms with Gasteiger partial charge in [0.2, 0.25) is 0 Å². The number of phenolic OH excluding ortho intramolecular Hbond substituents is 2. The molecule has 0 saturated heterocycles. The summed E-state index contributed by atoms with van der Waals surface area (Å²) in [6, 6.07) is 4.83. The Kier molecular flexibility index (Phi) is 13.5. The van der Waals surface area contributed by atoms with E-state index in [4.69, 9.17) is 0 Å². The van der Waals surface area contributed by atoms with Gasteiger partial charge in [0.05, 0.1) is 0 Å². The minimum atomic E-state index is 0.143. The number of allylic oxidation sites excluding steroid dienone is 8. The highest BCUT2D eigenvalue weighted by molar-refractivity contribution is 5.36. The summed E-state index contributed by atoms with van der Waals surface area (Å²) in [5.41, 5.74) is 1.01. The van der Waals surface area contributed by atoms with Gasteiger partial charge in [-0.1, -0.05) is 68.4 Å². The lowest BCUT2D eigenvalue weighted by atomic mass is 10.0. The molecule has 0 aliphatic carbocycles. The van der Waals surface area contributed by atoms with E-state index < -0.39 is 0 Å². The molecule has 0 radical (unpaired) electrons. The van der Waals surface area contributed by atoms with Gasteiger partial charge < -0.3 is 10.2 Å². The molecule has 0 fully saturated rings. The van der Waals surface area contributed by atoms with Gasteiger partial charge in [-0.15, -0.1) is 0 Å². The van der Waals surface area contributed by atoms with Crippen molar-refractivity contribution >= 4 is 0 Å². The maximum atomic E-state index is 9.46. The van der Waals surface area contributed by atoms with Crippen molar-refractivity contribution in [2.24, 2.45) is 0 Å². The number of aromatic hydroxyl groups is 2. The lowest BCUT2D eigenvalue weighted by Crippen LogP contribution is -1.86. The maximum Gasteiger partial charge on any atom is 0.119 e. The van der Waals surface area contributed by atoms with Gasteiger partial charge in [0, 0.05) is 6.07 Å². The Balaban J connectivity index is 1.95. The molecule has 0 saturated carbocycles. The molecule has 2 N–H and O–H groups in total. The van der Waals surface area contributed by atoms with Crippen LogP contribution in [0.5, 0.6) is 11.5 Å². The van der Waals surface area contributed by atoms with E-state index in [2.05, 4.69) is 55.5 Å². The second-order valence-electron chi connectivity index (χ2n) is 6.81. The summed E-state index contributed by atoms with van der Waals surface area (Å²) >= 11 is 0. The maximum absolute atomic E-state index is 9.46. The average Bonchev–Trinajstić information content (AvgIpc) is 2.63. The summed E-state index contributed by atoms with van der Waals surface area (Å²) in [7, 11) is 0. The van der Waals surface area contributed by atoms with Gasteiger partial charge in [-0.05, 0) is 69.1 Å². The van der Waals surface area contributed by atoms with Crippen LogP contribution in [0.2, 0.25) is 0 Å². The molecular formula is C25H36O2. The number of hydrogen-bond acceptors (Lipinski definition) is 2. The standard InChI is InChI=1S/C25H36O2/c1-2-3-4-5-6-7-8-9-10-11-12-13-14-15-16-17-18-19-23-20-24(26)22-25(27)21-23/h3-4,6-7,9-10,12-13,20-22,26-27H,2,5,8,11,14-19H2,1H3/b4-3-,7-6-,10-9-,13-12-. The molecule has 1 aromatic rings. The molecule has 2 nitrogen and oxygen atoms in total. The van der Waals surface area contributed by atoms with Crippen molar-refractivity contribution in [2.75, 3.05) is 0 Å². The van der Waals surface area contributed by atoms with Gasteiger partial charge in [0.1, 0.15) is 11.5 Å². The Hall–Kier alpha value is -2.22. The van der Waals surface area contributed by atoms with Crippen molar-refractivity contribution in [3.05, 3.63) is 72.4 Å². The number of unbranched alkanes of at least 4 members (excludes halogenated alkanes) is 4. The van der Waals surface area contributed by atoms with Crippen LogP contribution in [0.1, 0.15) is 70.3 Å². The lowest BCUT2D eigenvalue weighted by molar-refractivity contribution is 0.449. The Morgan fingerprint density at radius 2 is 1.15 bits per heavy atom. The topological polar surface area (TPSA) is 40.5 Å². The van der Waals surface area contributed by atoms with Crippen molar-refractivity contribution in [1.29, 1.82) is 0 Å². The van der Waals surface area contributed by atoms with Crippen LogP contribution >= 0.6 is 0 Å². The van der Waals surface area contributed by atoms with Crippen molar-refractivity contribution in [3.8, 4) is 11.5 Å². The Morgan fingerprint density at radius 3 is 1.74 bits per heavy atom. The summed E-state index contributed by atoms with van der Waals surface area (Å²) in [5, 5.41) is 18.9. The van der Waals surface area contributed by atoms with Crippen molar-refractivity contribution < 1.29 is 10.2 Å². The summed E-state index contributed by atoms with van der Waals surface area (Å²) in [6.45, 7) is 2.16. The average molecular weight is 369 g/mol. The smallest absolute Gasteiger partial charge is 0.119 e. The highest BCUT2D eigenvalue weighted by Gasteiger charge is 1.99. The zero-order chi connectivity index (χ0) is 19.6. The minimum absolute atomic E-state index is 0.143. The molecular weight excluding hydrogens is 332 g/mol. The second kappa shape index (κ2) is 16.0. The fourth-order valence-corrected chi connectivity index (χ4v) is 2.84. The van der Waals surface area contributed by atoms with Gasteiger partial charge in [-0.25, -0.2) is 0 Å². The zero-order valence-corrected chi connectivity index (χ0v) is 16.8. The van der Waals surface area contributed by atoms with Crippen molar-refractivity contribution in [2.45, 2.75) is 71.1 Å². The molecule has 2 heteroatoms. The van der Waals surface area contributed by atoms with Gasteiger partial charge in [-0.2, -0.15) is 0 Å². The molecule has 0 spiro atoms. The summed E-state index contributed by atoms with van der Waals surface area (Å²) in [5.74, 6) is 0.286. The van der Waals surface area contributed by atoms with Gasteiger partial charge in [0.15, 0.2) is 0 Å². The summed E-state index contributed by atoms with van der Waals surface area (Å²) in [4.78, 5) is 0. The molecule has 0 unspecified atom stereocenters. The highest BCUT2D eigenvalue weighted by Crippen LogP contribution is 2.21. The molecule has 0 aliphatic rings. The van der Waals surface area contributed by atoms with Crippen LogP contribution in [0.4, 0.5) is 0 Å². The lowest BCUT2D eigenvalue weighted by Gasteiger charge is -2.03.